The molecule has 2 fully saturated rings. The Hall–Kier alpha value is -4.10. The quantitative estimate of drug-likeness (QED) is 0.174. The highest BCUT2D eigenvalue weighted by Crippen LogP contribution is 2.33. The Morgan fingerprint density at radius 1 is 0.809 bits per heavy atom. The number of amides is 4. The number of methoxy groups -OCH3 is 1. The summed E-state index contributed by atoms with van der Waals surface area (Å²) in [5, 5.41) is 14.3. The molecular formula is C33H52N8O6. The Morgan fingerprint density at radius 2 is 1.26 bits per heavy atom. The van der Waals surface area contributed by atoms with E-state index < -0.39 is 24.3 Å². The van der Waals surface area contributed by atoms with Crippen molar-refractivity contribution in [3.05, 3.63) is 35.4 Å². The molecule has 2 aliphatic rings. The number of hydrogen-bond acceptors (Lipinski definition) is 7. The van der Waals surface area contributed by atoms with E-state index in [1.165, 1.54) is 7.11 Å². The highest BCUT2D eigenvalue weighted by Gasteiger charge is 2.38. The molecule has 2 saturated heterocycles. The number of aryl methyl sites for hydroxylation is 2. The minimum atomic E-state index is -1.20. The molecule has 4 atom stereocenters. The monoisotopic (exact) mass is 656 g/mol. The second-order valence-corrected chi connectivity index (χ2v) is 13.4. The smallest absolute Gasteiger partial charge is 0.407 e. The Labute approximate surface area is 276 Å². The predicted molar refractivity (Wildman–Crippen MR) is 174 cm³/mol. The number of alkyl carbamates (subject to hydrolysis) is 1. The molecule has 47 heavy (non-hydrogen) atoms. The van der Waals surface area contributed by atoms with Gasteiger partial charge in [0.05, 0.1) is 19.2 Å². The molecule has 4 heterocycles. The van der Waals surface area contributed by atoms with Gasteiger partial charge in [0.25, 0.3) is 0 Å². The van der Waals surface area contributed by atoms with Crippen molar-refractivity contribution >= 4 is 24.0 Å². The molecule has 2 aliphatic heterocycles. The summed E-state index contributed by atoms with van der Waals surface area (Å²) in [6.07, 6.45) is 11.2. The van der Waals surface area contributed by atoms with Gasteiger partial charge < -0.3 is 40.2 Å². The number of likely N-dealkylation sites (tertiary alicyclic amines) is 2. The number of ether oxygens (including phenoxy) is 1. The lowest BCUT2D eigenvalue weighted by atomic mass is 10.0. The van der Waals surface area contributed by atoms with Crippen molar-refractivity contribution < 1.29 is 29.0 Å². The first kappa shape index (κ1) is 35.7. The first-order chi connectivity index (χ1) is 22.5. The third kappa shape index (κ3) is 9.25. The van der Waals surface area contributed by atoms with E-state index in [1.54, 1.807) is 4.90 Å². The maximum Gasteiger partial charge on any atom is 0.407 e. The molecule has 4 amide bonds. The average Bonchev–Trinajstić information content (AvgIpc) is 3.85. The number of H-pyrrole nitrogens is 2. The number of carbonyl (C=O) groups excluding carboxylic acids is 3. The second-order valence-electron chi connectivity index (χ2n) is 13.4. The second kappa shape index (κ2) is 16.6. The van der Waals surface area contributed by atoms with Gasteiger partial charge in [0, 0.05) is 36.9 Å². The van der Waals surface area contributed by atoms with Crippen LogP contribution in [-0.4, -0.2) is 91.1 Å². The highest BCUT2D eigenvalue weighted by atomic mass is 16.5. The van der Waals surface area contributed by atoms with Crippen molar-refractivity contribution in [3.8, 4) is 0 Å². The summed E-state index contributed by atoms with van der Waals surface area (Å²) >= 11 is 0. The SMILES string of the molecule is COC(=O)N[C@@H](C(=O)N1CCC[C@@H]1c1ncc(CCCCCCc2cnc([C@H]3CCCN3C(=O)[C@H](NC(=O)O)C(C)C)[nH]2)[nH]1)C(C)C. The Bertz CT molecular complexity index is 1360. The zero-order valence-corrected chi connectivity index (χ0v) is 28.4. The van der Waals surface area contributed by atoms with Gasteiger partial charge in [-0.25, -0.2) is 19.6 Å². The van der Waals surface area contributed by atoms with Crippen LogP contribution in [0.15, 0.2) is 12.4 Å². The molecule has 0 aromatic carbocycles. The number of unbranched alkanes of at least 4 members (excludes halogenated alkanes) is 3. The number of carbonyl (C=O) groups is 4. The summed E-state index contributed by atoms with van der Waals surface area (Å²) < 4.78 is 4.72. The van der Waals surface area contributed by atoms with Crippen LogP contribution < -0.4 is 10.6 Å². The van der Waals surface area contributed by atoms with Crippen molar-refractivity contribution in [1.82, 2.24) is 40.4 Å². The van der Waals surface area contributed by atoms with Gasteiger partial charge in [-0.3, -0.25) is 9.59 Å². The van der Waals surface area contributed by atoms with E-state index in [0.29, 0.717) is 13.1 Å². The minimum absolute atomic E-state index is 0.0778. The summed E-state index contributed by atoms with van der Waals surface area (Å²) in [6.45, 7) is 8.71. The maximum absolute atomic E-state index is 13.4. The molecule has 14 heteroatoms. The largest absolute Gasteiger partial charge is 0.465 e. The van der Waals surface area contributed by atoms with E-state index >= 15 is 0 Å². The van der Waals surface area contributed by atoms with E-state index in [9.17, 15) is 24.3 Å². The van der Waals surface area contributed by atoms with Crippen LogP contribution in [0.2, 0.25) is 0 Å². The Kier molecular flexibility index (Phi) is 12.7. The van der Waals surface area contributed by atoms with Gasteiger partial charge in [-0.15, -0.1) is 0 Å². The molecule has 14 nitrogen and oxygen atoms in total. The van der Waals surface area contributed by atoms with Crippen LogP contribution in [0.1, 0.15) is 114 Å². The minimum Gasteiger partial charge on any atom is -0.465 e. The zero-order chi connectivity index (χ0) is 34.1. The number of nitrogens with zero attached hydrogens (tertiary/aromatic N) is 4. The van der Waals surface area contributed by atoms with Gasteiger partial charge in [-0.1, -0.05) is 40.5 Å². The first-order valence-electron chi connectivity index (χ1n) is 17.0. The van der Waals surface area contributed by atoms with E-state index in [1.807, 2.05) is 45.0 Å². The number of aromatic amines is 2. The molecule has 4 rings (SSSR count). The molecular weight excluding hydrogens is 604 g/mol. The third-order valence-electron chi connectivity index (χ3n) is 9.24. The summed E-state index contributed by atoms with van der Waals surface area (Å²) in [4.78, 5) is 69.3. The van der Waals surface area contributed by atoms with E-state index in [4.69, 9.17) is 4.74 Å². The molecule has 260 valence electrons. The normalized spacial score (nSPS) is 19.3. The molecule has 0 saturated carbocycles. The van der Waals surface area contributed by atoms with Gasteiger partial charge in [0.1, 0.15) is 23.7 Å². The van der Waals surface area contributed by atoms with Crippen LogP contribution in [0.3, 0.4) is 0 Å². The Balaban J connectivity index is 1.21. The van der Waals surface area contributed by atoms with E-state index in [0.717, 1.165) is 87.2 Å². The topological polar surface area (TPSA) is 186 Å². The molecule has 0 spiro atoms. The fourth-order valence-corrected chi connectivity index (χ4v) is 6.66. The standard InChI is InChI=1S/C33H52N8O6/c1-20(2)26(38-32(44)45)30(42)40-16-10-14-24(40)28-34-18-22(36-28)12-8-6-7-9-13-23-19-35-29(37-23)25-15-11-17-41(25)31(43)27(21(3)4)39-33(46)47-5/h18-21,24-27,38H,6-17H2,1-5H3,(H,34,36)(H,35,37)(H,39,46)(H,44,45)/t24-,25-,26-,27-/m1/s1. The van der Waals surface area contributed by atoms with Crippen LogP contribution in [0.5, 0.6) is 0 Å². The molecule has 0 bridgehead atoms. The van der Waals surface area contributed by atoms with Crippen LogP contribution >= 0.6 is 0 Å². The fraction of sp³-hybridized carbons (Fsp3) is 0.697. The molecule has 2 aromatic rings. The van der Waals surface area contributed by atoms with Gasteiger partial charge >= 0.3 is 12.2 Å². The highest BCUT2D eigenvalue weighted by molar-refractivity contribution is 5.87. The summed E-state index contributed by atoms with van der Waals surface area (Å²) in [5.41, 5.74) is 2.10. The van der Waals surface area contributed by atoms with Gasteiger partial charge in [-0.2, -0.15) is 0 Å². The number of rotatable bonds is 15. The van der Waals surface area contributed by atoms with Crippen LogP contribution in [0.25, 0.3) is 0 Å². The number of imidazole rings is 2. The lowest BCUT2D eigenvalue weighted by Gasteiger charge is -2.30. The number of carboxylic acid groups (broad SMARTS) is 1. The molecule has 0 unspecified atom stereocenters. The molecule has 0 radical (unpaired) electrons. The van der Waals surface area contributed by atoms with Crippen LogP contribution in [-0.2, 0) is 27.2 Å². The van der Waals surface area contributed by atoms with Crippen LogP contribution in [0, 0.1) is 11.8 Å². The van der Waals surface area contributed by atoms with Crippen molar-refractivity contribution in [2.24, 2.45) is 11.8 Å². The van der Waals surface area contributed by atoms with Crippen molar-refractivity contribution in [2.45, 2.75) is 116 Å². The summed E-state index contributed by atoms with van der Waals surface area (Å²) in [6, 6.07) is -1.74. The summed E-state index contributed by atoms with van der Waals surface area (Å²) in [7, 11) is 1.29. The first-order valence-corrected chi connectivity index (χ1v) is 17.0. The number of aromatic nitrogens is 4. The predicted octanol–water partition coefficient (Wildman–Crippen LogP) is 4.48. The zero-order valence-electron chi connectivity index (χ0n) is 28.4. The average molecular weight is 657 g/mol. The van der Waals surface area contributed by atoms with Crippen molar-refractivity contribution in [2.75, 3.05) is 20.2 Å². The van der Waals surface area contributed by atoms with Gasteiger partial charge in [0.15, 0.2) is 0 Å². The fourth-order valence-electron chi connectivity index (χ4n) is 6.66. The van der Waals surface area contributed by atoms with Crippen molar-refractivity contribution in [1.29, 1.82) is 0 Å². The van der Waals surface area contributed by atoms with E-state index in [2.05, 4.69) is 30.6 Å². The van der Waals surface area contributed by atoms with Crippen LogP contribution in [0.4, 0.5) is 9.59 Å². The van der Waals surface area contributed by atoms with Gasteiger partial charge in [0.2, 0.25) is 11.8 Å². The lowest BCUT2D eigenvalue weighted by molar-refractivity contribution is -0.136. The van der Waals surface area contributed by atoms with Crippen molar-refractivity contribution in [3.63, 3.8) is 0 Å². The van der Waals surface area contributed by atoms with E-state index in [-0.39, 0.29) is 35.7 Å². The molecule has 2 aromatic heterocycles. The molecule has 5 N–H and O–H groups in total. The summed E-state index contributed by atoms with van der Waals surface area (Å²) in [5.74, 6) is 1.01. The maximum atomic E-state index is 13.4. The molecule has 0 aliphatic carbocycles. The third-order valence-corrected chi connectivity index (χ3v) is 9.24. The van der Waals surface area contributed by atoms with Gasteiger partial charge in [-0.05, 0) is 63.2 Å². The number of hydrogen-bond donors (Lipinski definition) is 5. The Morgan fingerprint density at radius 3 is 1.66 bits per heavy atom. The lowest BCUT2D eigenvalue weighted by Crippen LogP contribution is -2.51. The number of nitrogens with one attached hydrogen (secondary N) is 4.